The minimum absolute atomic E-state index is 0.173. The van der Waals surface area contributed by atoms with Crippen LogP contribution >= 0.6 is 11.8 Å². The van der Waals surface area contributed by atoms with Crippen LogP contribution in [0.15, 0.2) is 29.2 Å². The maximum atomic E-state index is 11.8. The van der Waals surface area contributed by atoms with Crippen LogP contribution in [0.2, 0.25) is 0 Å². The first-order valence-electron chi connectivity index (χ1n) is 5.34. The summed E-state index contributed by atoms with van der Waals surface area (Å²) in [7, 11) is 0. The molecule has 0 saturated heterocycles. The number of carbonyl (C=O) groups excluding carboxylic acids is 1. The Morgan fingerprint density at radius 3 is 2.69 bits per heavy atom. The number of hydrogen-bond donors (Lipinski definition) is 0. The molecule has 1 rings (SSSR count). The van der Waals surface area contributed by atoms with Gasteiger partial charge in [-0.2, -0.15) is 0 Å². The van der Waals surface area contributed by atoms with Crippen molar-refractivity contribution in [2.24, 2.45) is 0 Å². The summed E-state index contributed by atoms with van der Waals surface area (Å²) in [6.45, 7) is 6.03. The van der Waals surface area contributed by atoms with E-state index < -0.39 is 5.41 Å². The van der Waals surface area contributed by atoms with Crippen molar-refractivity contribution in [1.29, 1.82) is 0 Å². The first kappa shape index (κ1) is 13.1. The summed E-state index contributed by atoms with van der Waals surface area (Å²) in [6, 6.07) is 8.02. The van der Waals surface area contributed by atoms with Gasteiger partial charge in [0.2, 0.25) is 0 Å². The van der Waals surface area contributed by atoms with Crippen molar-refractivity contribution < 1.29 is 9.53 Å². The molecule has 1 aromatic rings. The zero-order valence-corrected chi connectivity index (χ0v) is 11.1. The summed E-state index contributed by atoms with van der Waals surface area (Å²) >= 11 is 1.67. The van der Waals surface area contributed by atoms with E-state index in [1.807, 2.05) is 51.3 Å². The zero-order valence-electron chi connectivity index (χ0n) is 10.2. The quantitative estimate of drug-likeness (QED) is 0.595. The van der Waals surface area contributed by atoms with Crippen molar-refractivity contribution in [3.8, 4) is 0 Å². The zero-order chi connectivity index (χ0) is 12.2. The van der Waals surface area contributed by atoms with E-state index in [-0.39, 0.29) is 5.97 Å². The molecule has 0 aliphatic carbocycles. The maximum Gasteiger partial charge on any atom is 0.315 e. The largest absolute Gasteiger partial charge is 0.465 e. The Kier molecular flexibility index (Phi) is 4.42. The molecule has 0 unspecified atom stereocenters. The summed E-state index contributed by atoms with van der Waals surface area (Å²) in [5.74, 6) is -0.173. The van der Waals surface area contributed by atoms with Crippen LogP contribution in [0.25, 0.3) is 0 Å². The van der Waals surface area contributed by atoms with Crippen molar-refractivity contribution in [3.05, 3.63) is 29.8 Å². The summed E-state index contributed by atoms with van der Waals surface area (Å²) < 4.78 is 5.09. The second-order valence-corrected chi connectivity index (χ2v) is 4.96. The lowest BCUT2D eigenvalue weighted by Crippen LogP contribution is -2.31. The van der Waals surface area contributed by atoms with E-state index in [9.17, 15) is 4.79 Å². The fourth-order valence-electron chi connectivity index (χ4n) is 1.44. The number of thioether (sulfide) groups is 1. The maximum absolute atomic E-state index is 11.8. The minimum atomic E-state index is -0.582. The summed E-state index contributed by atoms with van der Waals surface area (Å²) in [5.41, 5.74) is 0.416. The van der Waals surface area contributed by atoms with Gasteiger partial charge in [0.05, 0.1) is 12.0 Å². The monoisotopic (exact) mass is 238 g/mol. The highest BCUT2D eigenvalue weighted by atomic mass is 32.2. The minimum Gasteiger partial charge on any atom is -0.465 e. The van der Waals surface area contributed by atoms with E-state index in [0.29, 0.717) is 6.61 Å². The average molecular weight is 238 g/mol. The van der Waals surface area contributed by atoms with E-state index in [4.69, 9.17) is 4.74 Å². The lowest BCUT2D eigenvalue weighted by atomic mass is 9.85. The van der Waals surface area contributed by atoms with E-state index >= 15 is 0 Å². The van der Waals surface area contributed by atoms with Crippen molar-refractivity contribution in [3.63, 3.8) is 0 Å². The van der Waals surface area contributed by atoms with Crippen molar-refractivity contribution in [2.75, 3.05) is 12.9 Å². The van der Waals surface area contributed by atoms with Crippen molar-refractivity contribution >= 4 is 17.7 Å². The summed E-state index contributed by atoms with van der Waals surface area (Å²) in [5, 5.41) is 0. The lowest BCUT2D eigenvalue weighted by Gasteiger charge is -2.23. The second kappa shape index (κ2) is 5.39. The molecule has 16 heavy (non-hydrogen) atoms. The normalized spacial score (nSPS) is 11.2. The predicted octanol–water partition coefficient (Wildman–Crippen LogP) is 3.25. The molecule has 0 aromatic heterocycles. The highest BCUT2D eigenvalue weighted by Crippen LogP contribution is 2.27. The molecular weight excluding hydrogens is 220 g/mol. The molecule has 0 radical (unpaired) electrons. The van der Waals surface area contributed by atoms with Crippen molar-refractivity contribution in [1.82, 2.24) is 0 Å². The third-order valence-corrected chi connectivity index (χ3v) is 3.30. The average Bonchev–Trinajstić information content (AvgIpc) is 2.29. The second-order valence-electron chi connectivity index (χ2n) is 4.08. The number of rotatable bonds is 4. The molecule has 0 aliphatic rings. The highest BCUT2D eigenvalue weighted by molar-refractivity contribution is 7.98. The molecule has 0 atom stereocenters. The molecule has 0 amide bonds. The van der Waals surface area contributed by atoms with E-state index in [1.165, 1.54) is 0 Å². The molecule has 0 bridgehead atoms. The molecule has 3 heteroatoms. The Labute approximate surface area is 101 Å². The van der Waals surface area contributed by atoms with Crippen LogP contribution in [0.3, 0.4) is 0 Å². The first-order chi connectivity index (χ1) is 7.52. The van der Waals surface area contributed by atoms with Crippen molar-refractivity contribution in [2.45, 2.75) is 31.1 Å². The predicted molar refractivity (Wildman–Crippen MR) is 67.9 cm³/mol. The molecule has 0 saturated carbocycles. The molecule has 0 spiro atoms. The Morgan fingerprint density at radius 2 is 2.12 bits per heavy atom. The lowest BCUT2D eigenvalue weighted by molar-refractivity contribution is -0.148. The Morgan fingerprint density at radius 1 is 1.44 bits per heavy atom. The van der Waals surface area contributed by atoms with Crippen LogP contribution in [0.4, 0.5) is 0 Å². The highest BCUT2D eigenvalue weighted by Gasteiger charge is 2.31. The Balaban J connectivity index is 3.01. The van der Waals surface area contributed by atoms with Gasteiger partial charge in [-0.3, -0.25) is 4.79 Å². The topological polar surface area (TPSA) is 26.3 Å². The molecule has 0 fully saturated rings. The first-order valence-corrected chi connectivity index (χ1v) is 6.56. The van der Waals surface area contributed by atoms with Gasteiger partial charge in [0.1, 0.15) is 0 Å². The molecule has 1 aromatic carbocycles. The van der Waals surface area contributed by atoms with E-state index in [2.05, 4.69) is 0 Å². The number of benzene rings is 1. The molecule has 0 aliphatic heterocycles. The number of ether oxygens (including phenoxy) is 1. The summed E-state index contributed by atoms with van der Waals surface area (Å²) in [6.07, 6.45) is 2.02. The van der Waals surface area contributed by atoms with Gasteiger partial charge < -0.3 is 4.74 Å². The Bertz CT molecular complexity index is 372. The van der Waals surface area contributed by atoms with Gasteiger partial charge in [0, 0.05) is 4.90 Å². The van der Waals surface area contributed by atoms with Crippen LogP contribution in [0, 0.1) is 0 Å². The third kappa shape index (κ3) is 2.79. The van der Waals surface area contributed by atoms with Crippen LogP contribution in [-0.2, 0) is 14.9 Å². The van der Waals surface area contributed by atoms with Gasteiger partial charge in [-0.05, 0) is 44.7 Å². The number of carbonyl (C=O) groups is 1. The van der Waals surface area contributed by atoms with E-state index in [1.54, 1.807) is 11.8 Å². The van der Waals surface area contributed by atoms with E-state index in [0.717, 1.165) is 10.5 Å². The van der Waals surface area contributed by atoms with Crippen LogP contribution in [0.1, 0.15) is 26.3 Å². The molecule has 0 N–H and O–H groups in total. The van der Waals surface area contributed by atoms with Gasteiger partial charge in [-0.15, -0.1) is 11.8 Å². The standard InChI is InChI=1S/C13H18O2S/c1-5-15-12(14)13(2,3)10-7-6-8-11(9-10)16-4/h6-9H,5H2,1-4H3. The molecule has 0 heterocycles. The molecule has 88 valence electrons. The van der Waals surface area contributed by atoms with Crippen LogP contribution < -0.4 is 0 Å². The fraction of sp³-hybridized carbons (Fsp3) is 0.462. The van der Waals surface area contributed by atoms with Crippen LogP contribution in [0.5, 0.6) is 0 Å². The van der Waals surface area contributed by atoms with Gasteiger partial charge in [-0.1, -0.05) is 12.1 Å². The number of hydrogen-bond acceptors (Lipinski definition) is 3. The number of esters is 1. The SMILES string of the molecule is CCOC(=O)C(C)(C)c1cccc(SC)c1. The van der Waals surface area contributed by atoms with Gasteiger partial charge in [0.25, 0.3) is 0 Å². The third-order valence-electron chi connectivity index (χ3n) is 2.58. The fourth-order valence-corrected chi connectivity index (χ4v) is 1.90. The van der Waals surface area contributed by atoms with Crippen LogP contribution in [-0.4, -0.2) is 18.8 Å². The van der Waals surface area contributed by atoms with Gasteiger partial charge in [-0.25, -0.2) is 0 Å². The Hall–Kier alpha value is -0.960. The smallest absolute Gasteiger partial charge is 0.315 e. The van der Waals surface area contributed by atoms with Gasteiger partial charge in [0.15, 0.2) is 0 Å². The van der Waals surface area contributed by atoms with Gasteiger partial charge >= 0.3 is 5.97 Å². The molecule has 2 nitrogen and oxygen atoms in total. The molecular formula is C13H18O2S. The summed E-state index contributed by atoms with van der Waals surface area (Å²) in [4.78, 5) is 13.0.